The van der Waals surface area contributed by atoms with Crippen molar-refractivity contribution in [2.45, 2.75) is 5.75 Å². The van der Waals surface area contributed by atoms with Crippen LogP contribution in [0.2, 0.25) is 0 Å². The Kier molecular flexibility index (Phi) is 7.81. The van der Waals surface area contributed by atoms with E-state index in [4.69, 9.17) is 0 Å². The largest absolute Gasteiger partial charge is 0.478 e. The lowest BCUT2D eigenvalue weighted by molar-refractivity contribution is -0.130. The van der Waals surface area contributed by atoms with Crippen molar-refractivity contribution >= 4 is 45.1 Å². The quantitative estimate of drug-likeness (QED) is 0.432. The fraction of sp³-hybridized carbons (Fsp3) is 0.200. The SMILES string of the molecule is CSC(=Nc1ccccc1)SCc1ccccc1C(=CN(C)C)C(=O)O. The fourth-order valence-electron chi connectivity index (χ4n) is 2.29. The summed E-state index contributed by atoms with van der Waals surface area (Å²) in [7, 11) is 3.64. The molecule has 0 aliphatic carbocycles. The molecular formula is C20H22N2O2S2. The van der Waals surface area contributed by atoms with E-state index in [0.29, 0.717) is 5.75 Å². The predicted octanol–water partition coefficient (Wildman–Crippen LogP) is 4.96. The molecule has 0 atom stereocenters. The van der Waals surface area contributed by atoms with Gasteiger partial charge in [0, 0.05) is 26.0 Å². The normalized spacial score (nSPS) is 12.1. The van der Waals surface area contributed by atoms with Gasteiger partial charge in [0.25, 0.3) is 0 Å². The number of carboxylic acid groups (broad SMARTS) is 1. The zero-order chi connectivity index (χ0) is 18.9. The van der Waals surface area contributed by atoms with Crippen LogP contribution in [0, 0.1) is 0 Å². The Hall–Kier alpha value is -2.18. The van der Waals surface area contributed by atoms with Gasteiger partial charge < -0.3 is 10.0 Å². The van der Waals surface area contributed by atoms with Crippen molar-refractivity contribution in [2.75, 3.05) is 20.4 Å². The third-order valence-corrected chi connectivity index (χ3v) is 5.52. The Bertz CT molecular complexity index is 802. The Balaban J connectivity index is 2.25. The summed E-state index contributed by atoms with van der Waals surface area (Å²) in [6.45, 7) is 0. The highest BCUT2D eigenvalue weighted by molar-refractivity contribution is 8.38. The first-order valence-electron chi connectivity index (χ1n) is 8.01. The van der Waals surface area contributed by atoms with Crippen LogP contribution in [-0.2, 0) is 10.5 Å². The van der Waals surface area contributed by atoms with Gasteiger partial charge in [0.2, 0.25) is 0 Å². The molecule has 0 saturated carbocycles. The predicted molar refractivity (Wildman–Crippen MR) is 114 cm³/mol. The van der Waals surface area contributed by atoms with Gasteiger partial charge in [0.15, 0.2) is 0 Å². The fourth-order valence-corrected chi connectivity index (χ4v) is 3.84. The highest BCUT2D eigenvalue weighted by atomic mass is 32.2. The third-order valence-electron chi connectivity index (χ3n) is 3.43. The molecule has 26 heavy (non-hydrogen) atoms. The maximum absolute atomic E-state index is 11.7. The van der Waals surface area contributed by atoms with Crippen molar-refractivity contribution in [3.63, 3.8) is 0 Å². The molecular weight excluding hydrogens is 364 g/mol. The lowest BCUT2D eigenvalue weighted by Gasteiger charge is -2.13. The zero-order valence-corrected chi connectivity index (χ0v) is 16.7. The van der Waals surface area contributed by atoms with Crippen LogP contribution < -0.4 is 0 Å². The highest BCUT2D eigenvalue weighted by Crippen LogP contribution is 2.28. The van der Waals surface area contributed by atoms with Gasteiger partial charge in [-0.05, 0) is 29.5 Å². The highest BCUT2D eigenvalue weighted by Gasteiger charge is 2.15. The van der Waals surface area contributed by atoms with Crippen LogP contribution in [0.25, 0.3) is 5.57 Å². The summed E-state index contributed by atoms with van der Waals surface area (Å²) in [4.78, 5) is 18.1. The molecule has 2 aromatic carbocycles. The summed E-state index contributed by atoms with van der Waals surface area (Å²) in [5, 5.41) is 9.59. The molecule has 2 rings (SSSR count). The van der Waals surface area contributed by atoms with Gasteiger partial charge in [-0.25, -0.2) is 9.79 Å². The summed E-state index contributed by atoms with van der Waals surface area (Å²) in [6, 6.07) is 17.4. The molecule has 136 valence electrons. The van der Waals surface area contributed by atoms with Gasteiger partial charge in [-0.3, -0.25) is 0 Å². The number of carboxylic acids is 1. The number of hydrogen-bond acceptors (Lipinski definition) is 5. The van der Waals surface area contributed by atoms with Crippen molar-refractivity contribution in [3.05, 3.63) is 71.9 Å². The van der Waals surface area contributed by atoms with Crippen LogP contribution in [0.1, 0.15) is 11.1 Å². The second kappa shape index (κ2) is 10.1. The summed E-state index contributed by atoms with van der Waals surface area (Å²) in [5.41, 5.74) is 2.91. The van der Waals surface area contributed by atoms with Crippen molar-refractivity contribution in [3.8, 4) is 0 Å². The van der Waals surface area contributed by atoms with Gasteiger partial charge in [-0.2, -0.15) is 0 Å². The van der Waals surface area contributed by atoms with E-state index in [1.54, 1.807) is 34.6 Å². The van der Waals surface area contributed by atoms with E-state index in [0.717, 1.165) is 21.2 Å². The number of aliphatic imine (C=N–C) groups is 1. The number of aliphatic carboxylic acids is 1. The first-order chi connectivity index (χ1) is 12.5. The Morgan fingerprint density at radius 3 is 2.38 bits per heavy atom. The van der Waals surface area contributed by atoms with E-state index in [9.17, 15) is 9.90 Å². The van der Waals surface area contributed by atoms with Crippen LogP contribution in [0.3, 0.4) is 0 Å². The molecule has 0 saturated heterocycles. The van der Waals surface area contributed by atoms with E-state index in [-0.39, 0.29) is 5.57 Å². The van der Waals surface area contributed by atoms with Gasteiger partial charge in [-0.15, -0.1) is 11.8 Å². The number of para-hydroxylation sites is 1. The zero-order valence-electron chi connectivity index (χ0n) is 15.0. The number of nitrogens with zero attached hydrogens (tertiary/aromatic N) is 2. The second-order valence-corrected chi connectivity index (χ2v) is 7.69. The van der Waals surface area contributed by atoms with Crippen molar-refractivity contribution in [2.24, 2.45) is 4.99 Å². The Labute approximate surface area is 163 Å². The molecule has 0 radical (unpaired) electrons. The molecule has 0 fully saturated rings. The Morgan fingerprint density at radius 1 is 1.12 bits per heavy atom. The third kappa shape index (κ3) is 5.97. The molecule has 0 spiro atoms. The van der Waals surface area contributed by atoms with Crippen LogP contribution in [0.15, 0.2) is 65.8 Å². The maximum Gasteiger partial charge on any atom is 0.337 e. The minimum atomic E-state index is -0.931. The molecule has 2 aromatic rings. The molecule has 4 nitrogen and oxygen atoms in total. The van der Waals surface area contributed by atoms with Gasteiger partial charge in [-0.1, -0.05) is 54.2 Å². The average Bonchev–Trinajstić information content (AvgIpc) is 2.64. The average molecular weight is 387 g/mol. The molecule has 0 aromatic heterocycles. The minimum absolute atomic E-state index is 0.289. The van der Waals surface area contributed by atoms with E-state index in [1.165, 1.54) is 0 Å². The van der Waals surface area contributed by atoms with E-state index < -0.39 is 5.97 Å². The molecule has 0 bridgehead atoms. The number of benzene rings is 2. The molecule has 6 heteroatoms. The molecule has 0 aliphatic heterocycles. The first kappa shape index (κ1) is 20.1. The molecule has 0 aliphatic rings. The number of hydrogen-bond donors (Lipinski definition) is 1. The van der Waals surface area contributed by atoms with Crippen LogP contribution in [0.4, 0.5) is 5.69 Å². The molecule has 0 heterocycles. The second-order valence-electron chi connectivity index (χ2n) is 5.67. The summed E-state index contributed by atoms with van der Waals surface area (Å²) in [5.74, 6) is -0.278. The van der Waals surface area contributed by atoms with Gasteiger partial charge in [0.1, 0.15) is 4.38 Å². The number of thioether (sulfide) groups is 2. The summed E-state index contributed by atoms with van der Waals surface area (Å²) in [6.07, 6.45) is 3.63. The van der Waals surface area contributed by atoms with E-state index in [1.807, 2.05) is 74.9 Å². The van der Waals surface area contributed by atoms with Crippen molar-refractivity contribution in [1.29, 1.82) is 0 Å². The maximum atomic E-state index is 11.7. The van der Waals surface area contributed by atoms with E-state index in [2.05, 4.69) is 4.99 Å². The summed E-state index contributed by atoms with van der Waals surface area (Å²) < 4.78 is 0.944. The van der Waals surface area contributed by atoms with Gasteiger partial charge in [0.05, 0.1) is 11.3 Å². The van der Waals surface area contributed by atoms with Gasteiger partial charge >= 0.3 is 5.97 Å². The first-order valence-corrected chi connectivity index (χ1v) is 10.2. The van der Waals surface area contributed by atoms with E-state index >= 15 is 0 Å². The molecule has 0 amide bonds. The summed E-state index contributed by atoms with van der Waals surface area (Å²) >= 11 is 3.20. The van der Waals surface area contributed by atoms with Crippen LogP contribution in [-0.4, -0.2) is 40.7 Å². The lowest BCUT2D eigenvalue weighted by atomic mass is 10.0. The number of carbonyl (C=O) groups is 1. The lowest BCUT2D eigenvalue weighted by Crippen LogP contribution is -2.09. The number of rotatable bonds is 6. The Morgan fingerprint density at radius 2 is 1.77 bits per heavy atom. The molecule has 0 unspecified atom stereocenters. The minimum Gasteiger partial charge on any atom is -0.478 e. The smallest absolute Gasteiger partial charge is 0.337 e. The van der Waals surface area contributed by atoms with Crippen LogP contribution >= 0.6 is 23.5 Å². The monoisotopic (exact) mass is 386 g/mol. The standard InChI is InChI=1S/C20H22N2O2S2/c1-22(2)13-18(19(23)24)17-12-8-7-9-15(17)14-26-20(25-3)21-16-10-5-4-6-11-16/h4-13H,14H2,1-3H3,(H,23,24). The molecule has 1 N–H and O–H groups in total. The van der Waals surface area contributed by atoms with Crippen molar-refractivity contribution in [1.82, 2.24) is 4.90 Å². The van der Waals surface area contributed by atoms with Crippen LogP contribution in [0.5, 0.6) is 0 Å². The topological polar surface area (TPSA) is 52.9 Å². The van der Waals surface area contributed by atoms with Crippen molar-refractivity contribution < 1.29 is 9.90 Å².